The fourth-order valence-electron chi connectivity index (χ4n) is 2.26. The summed E-state index contributed by atoms with van der Waals surface area (Å²) in [6, 6.07) is 2.05. The zero-order valence-corrected chi connectivity index (χ0v) is 13.8. The van der Waals surface area contributed by atoms with Crippen LogP contribution in [0.1, 0.15) is 18.9 Å². The van der Waals surface area contributed by atoms with E-state index in [-0.39, 0.29) is 23.4 Å². The molecule has 1 radical (unpaired) electrons. The van der Waals surface area contributed by atoms with Gasteiger partial charge in [-0.15, -0.1) is 0 Å². The van der Waals surface area contributed by atoms with Crippen molar-refractivity contribution in [3.8, 4) is 0 Å². The number of carbonyl (C=O) groups is 1. The Hall–Kier alpha value is -2.22. The van der Waals surface area contributed by atoms with E-state index in [9.17, 15) is 22.0 Å². The lowest BCUT2D eigenvalue weighted by molar-refractivity contribution is -0.105. The molecule has 24 heavy (non-hydrogen) atoms. The van der Waals surface area contributed by atoms with Crippen molar-refractivity contribution in [3.05, 3.63) is 52.8 Å². The van der Waals surface area contributed by atoms with Gasteiger partial charge < -0.3 is 5.32 Å². The maximum absolute atomic E-state index is 14.5. The van der Waals surface area contributed by atoms with Gasteiger partial charge in [-0.05, 0) is 30.2 Å². The van der Waals surface area contributed by atoms with Crippen LogP contribution in [0.15, 0.2) is 29.4 Å². The number of aldehydes is 1. The molecule has 0 saturated heterocycles. The zero-order valence-electron chi connectivity index (χ0n) is 13.0. The molecule has 0 aliphatic carbocycles. The summed E-state index contributed by atoms with van der Waals surface area (Å²) < 4.78 is 54.2. The second-order valence-electron chi connectivity index (χ2n) is 5.33. The van der Waals surface area contributed by atoms with E-state index >= 15 is 0 Å². The molecule has 129 valence electrons. The summed E-state index contributed by atoms with van der Waals surface area (Å²) >= 11 is 0. The first kappa shape index (κ1) is 18.1. The van der Waals surface area contributed by atoms with Gasteiger partial charge in [-0.25, -0.2) is 17.2 Å². The summed E-state index contributed by atoms with van der Waals surface area (Å²) in [6.07, 6.45) is 5.09. The predicted octanol–water partition coefficient (Wildman–Crippen LogP) is 2.07. The van der Waals surface area contributed by atoms with Gasteiger partial charge in [0.05, 0.1) is 17.6 Å². The van der Waals surface area contributed by atoms with Gasteiger partial charge in [-0.3, -0.25) is 9.52 Å². The van der Waals surface area contributed by atoms with Gasteiger partial charge in [-0.1, -0.05) is 6.92 Å². The fraction of sp³-hybridized carbons (Fsp3) is 0.312. The lowest BCUT2D eigenvalue weighted by Gasteiger charge is -2.14. The van der Waals surface area contributed by atoms with Crippen molar-refractivity contribution in [1.82, 2.24) is 5.32 Å². The minimum absolute atomic E-state index is 0.159. The minimum atomic E-state index is -3.69. The number of benzene rings is 1. The number of hydrogen-bond donors (Lipinski definition) is 2. The van der Waals surface area contributed by atoms with E-state index in [0.717, 1.165) is 12.1 Å². The maximum atomic E-state index is 14.5. The predicted molar refractivity (Wildman–Crippen MR) is 86.7 cm³/mol. The number of dihydropyridines is 1. The minimum Gasteiger partial charge on any atom is -0.379 e. The molecule has 1 aromatic carbocycles. The molecule has 1 aromatic rings. The van der Waals surface area contributed by atoms with Crippen LogP contribution < -0.4 is 10.0 Å². The van der Waals surface area contributed by atoms with Gasteiger partial charge in [0.15, 0.2) is 5.82 Å². The second-order valence-corrected chi connectivity index (χ2v) is 7.17. The van der Waals surface area contributed by atoms with E-state index < -0.39 is 21.7 Å². The van der Waals surface area contributed by atoms with Crippen molar-refractivity contribution in [2.24, 2.45) is 0 Å². The molecule has 0 amide bonds. The Balaban J connectivity index is 2.31. The number of carbonyl (C=O) groups excluding carboxylic acids is 1. The monoisotopic (exact) mass is 355 g/mol. The first-order valence-electron chi connectivity index (χ1n) is 7.34. The Bertz CT molecular complexity index is 802. The number of allylic oxidation sites excluding steroid dienone is 2. The quantitative estimate of drug-likeness (QED) is 0.735. The molecule has 0 aromatic heterocycles. The van der Waals surface area contributed by atoms with Gasteiger partial charge in [-0.2, -0.15) is 0 Å². The van der Waals surface area contributed by atoms with Gasteiger partial charge in [0.25, 0.3) is 0 Å². The van der Waals surface area contributed by atoms with Crippen LogP contribution in [0, 0.1) is 17.8 Å². The summed E-state index contributed by atoms with van der Waals surface area (Å²) in [5, 5.41) is 2.72. The summed E-state index contributed by atoms with van der Waals surface area (Å²) in [5.74, 6) is -1.93. The molecule has 1 heterocycles. The van der Waals surface area contributed by atoms with Crippen molar-refractivity contribution < 1.29 is 22.0 Å². The molecule has 1 aliphatic rings. The molecular weight excluding hydrogens is 338 g/mol. The van der Waals surface area contributed by atoms with Crippen LogP contribution in [0.2, 0.25) is 0 Å². The Morgan fingerprint density at radius 2 is 2.12 bits per heavy atom. The first-order valence-corrected chi connectivity index (χ1v) is 8.99. The largest absolute Gasteiger partial charge is 0.379 e. The average molecular weight is 355 g/mol. The Morgan fingerprint density at radius 1 is 1.38 bits per heavy atom. The van der Waals surface area contributed by atoms with E-state index in [2.05, 4.69) is 16.2 Å². The van der Waals surface area contributed by atoms with Gasteiger partial charge in [0.1, 0.15) is 12.1 Å². The van der Waals surface area contributed by atoms with Crippen molar-refractivity contribution in [3.63, 3.8) is 0 Å². The molecular formula is C16H17F2N2O3S. The van der Waals surface area contributed by atoms with Crippen LogP contribution in [-0.4, -0.2) is 27.0 Å². The summed E-state index contributed by atoms with van der Waals surface area (Å²) in [6.45, 7) is 1.98. The highest BCUT2D eigenvalue weighted by Crippen LogP contribution is 2.25. The second kappa shape index (κ2) is 7.57. The van der Waals surface area contributed by atoms with Crippen LogP contribution in [-0.2, 0) is 21.2 Å². The summed E-state index contributed by atoms with van der Waals surface area (Å²) in [4.78, 5) is 10.8. The van der Waals surface area contributed by atoms with E-state index in [1.807, 2.05) is 0 Å². The number of nitrogens with one attached hydrogen (secondary N) is 2. The van der Waals surface area contributed by atoms with Crippen LogP contribution >= 0.6 is 0 Å². The lowest BCUT2D eigenvalue weighted by atomic mass is 10.0. The van der Waals surface area contributed by atoms with Crippen molar-refractivity contribution in [2.75, 3.05) is 17.0 Å². The zero-order chi connectivity index (χ0) is 17.7. The topological polar surface area (TPSA) is 75.3 Å². The third kappa shape index (κ3) is 4.41. The van der Waals surface area contributed by atoms with Gasteiger partial charge in [0, 0.05) is 24.1 Å². The highest BCUT2D eigenvalue weighted by Gasteiger charge is 2.19. The molecule has 1 aliphatic heterocycles. The van der Waals surface area contributed by atoms with Crippen LogP contribution in [0.5, 0.6) is 0 Å². The molecule has 0 atom stereocenters. The lowest BCUT2D eigenvalue weighted by Crippen LogP contribution is -2.19. The van der Waals surface area contributed by atoms with Crippen LogP contribution in [0.4, 0.5) is 14.5 Å². The molecule has 0 bridgehead atoms. The molecule has 0 spiro atoms. The number of sulfonamides is 1. The fourth-order valence-corrected chi connectivity index (χ4v) is 3.39. The molecule has 2 N–H and O–H groups in total. The van der Waals surface area contributed by atoms with Crippen LogP contribution in [0.3, 0.4) is 0 Å². The molecule has 0 saturated carbocycles. The van der Waals surface area contributed by atoms with Crippen molar-refractivity contribution in [2.45, 2.75) is 19.8 Å². The van der Waals surface area contributed by atoms with E-state index in [1.54, 1.807) is 6.92 Å². The number of rotatable bonds is 7. The SMILES string of the molecule is CCCS(=O)(=O)Nc1ccc(F)c(CC2=[C]NCC(C=O)=C2)c1F. The van der Waals surface area contributed by atoms with E-state index in [1.165, 1.54) is 6.08 Å². The molecule has 5 nitrogen and oxygen atoms in total. The number of hydrogen-bond acceptors (Lipinski definition) is 4. The van der Waals surface area contributed by atoms with E-state index in [4.69, 9.17) is 0 Å². The molecule has 0 unspecified atom stereocenters. The third-order valence-corrected chi connectivity index (χ3v) is 4.82. The maximum Gasteiger partial charge on any atom is 0.232 e. The molecule has 0 fully saturated rings. The third-order valence-electron chi connectivity index (χ3n) is 3.34. The van der Waals surface area contributed by atoms with Crippen molar-refractivity contribution >= 4 is 22.0 Å². The van der Waals surface area contributed by atoms with Crippen LogP contribution in [0.25, 0.3) is 0 Å². The average Bonchev–Trinajstić information content (AvgIpc) is 2.54. The Morgan fingerprint density at radius 3 is 2.79 bits per heavy atom. The standard InChI is InChI=1S/C16H17F2N2O3S/c1-2-5-24(22,23)20-15-4-3-14(17)13(16(15)18)7-11-6-12(10-21)9-19-8-11/h3-4,6,10,19-20H,2,5,7,9H2,1H3. The summed E-state index contributed by atoms with van der Waals surface area (Å²) in [5.41, 5.74) is 0.238. The normalized spacial score (nSPS) is 14.5. The highest BCUT2D eigenvalue weighted by molar-refractivity contribution is 7.92. The Kier molecular flexibility index (Phi) is 5.71. The van der Waals surface area contributed by atoms with E-state index in [0.29, 0.717) is 30.4 Å². The highest BCUT2D eigenvalue weighted by atomic mass is 32.2. The molecule has 2 rings (SSSR count). The molecule has 8 heteroatoms. The number of anilines is 1. The summed E-state index contributed by atoms with van der Waals surface area (Å²) in [7, 11) is -3.69. The smallest absolute Gasteiger partial charge is 0.232 e. The Labute approximate surface area is 139 Å². The van der Waals surface area contributed by atoms with Gasteiger partial charge >= 0.3 is 0 Å². The van der Waals surface area contributed by atoms with Gasteiger partial charge in [0.2, 0.25) is 10.0 Å². The first-order chi connectivity index (χ1) is 11.4. The van der Waals surface area contributed by atoms with Crippen molar-refractivity contribution in [1.29, 1.82) is 0 Å². The number of halogens is 2.